The van der Waals surface area contributed by atoms with Crippen LogP contribution >= 0.6 is 11.8 Å². The van der Waals surface area contributed by atoms with E-state index in [4.69, 9.17) is 9.47 Å². The van der Waals surface area contributed by atoms with Crippen LogP contribution in [0, 0.1) is 0 Å². The van der Waals surface area contributed by atoms with Crippen LogP contribution in [0.4, 0.5) is 0 Å². The molecule has 134 valence electrons. The number of rotatable bonds is 5. The van der Waals surface area contributed by atoms with Crippen LogP contribution in [0.25, 0.3) is 21.5 Å². The van der Waals surface area contributed by atoms with E-state index >= 15 is 0 Å². The Kier molecular flexibility index (Phi) is 5.42. The highest BCUT2D eigenvalue weighted by molar-refractivity contribution is 7.99. The predicted octanol–water partition coefficient (Wildman–Crippen LogP) is 5.30. The van der Waals surface area contributed by atoms with Gasteiger partial charge in [-0.1, -0.05) is 42.5 Å². The molecule has 0 spiro atoms. The Morgan fingerprint density at radius 1 is 1.00 bits per heavy atom. The summed E-state index contributed by atoms with van der Waals surface area (Å²) in [6.45, 7) is 0.691. The number of carbonyl (C=O) groups excluding carboxylic acids is 1. The van der Waals surface area contributed by atoms with Crippen molar-refractivity contribution in [1.82, 2.24) is 0 Å². The molecule has 26 heavy (non-hydrogen) atoms. The molecular weight excluding hydrogens is 344 g/mol. The van der Waals surface area contributed by atoms with Gasteiger partial charge >= 0.3 is 5.97 Å². The first-order chi connectivity index (χ1) is 12.8. The minimum atomic E-state index is -0.342. The van der Waals surface area contributed by atoms with Crippen molar-refractivity contribution in [3.8, 4) is 0 Å². The van der Waals surface area contributed by atoms with E-state index in [0.717, 1.165) is 25.0 Å². The molecule has 1 aliphatic heterocycles. The molecule has 3 nitrogen and oxygen atoms in total. The maximum absolute atomic E-state index is 11.9. The maximum atomic E-state index is 11.9. The Hall–Kier alpha value is -2.04. The molecule has 0 saturated carbocycles. The number of thioether (sulfide) groups is 1. The van der Waals surface area contributed by atoms with Crippen molar-refractivity contribution in [2.75, 3.05) is 12.4 Å². The van der Waals surface area contributed by atoms with Crippen molar-refractivity contribution in [3.05, 3.63) is 60.2 Å². The number of esters is 1. The Morgan fingerprint density at radius 3 is 2.54 bits per heavy atom. The van der Waals surface area contributed by atoms with Gasteiger partial charge in [0.2, 0.25) is 6.29 Å². The summed E-state index contributed by atoms with van der Waals surface area (Å²) in [7, 11) is 0. The van der Waals surface area contributed by atoms with E-state index in [1.54, 1.807) is 11.8 Å². The number of fused-ring (bicyclic) bond motifs is 2. The molecule has 0 amide bonds. The third-order valence-electron chi connectivity index (χ3n) is 4.66. The van der Waals surface area contributed by atoms with Crippen molar-refractivity contribution in [2.24, 2.45) is 0 Å². The summed E-state index contributed by atoms with van der Waals surface area (Å²) in [4.78, 5) is 11.9. The van der Waals surface area contributed by atoms with E-state index in [1.807, 2.05) is 0 Å². The average Bonchev–Trinajstić information content (AvgIpc) is 2.67. The van der Waals surface area contributed by atoms with Crippen molar-refractivity contribution >= 4 is 39.3 Å². The summed E-state index contributed by atoms with van der Waals surface area (Å²) in [5.74, 6) is 0.965. The minimum Gasteiger partial charge on any atom is -0.435 e. The number of hydrogen-bond acceptors (Lipinski definition) is 4. The molecule has 3 aromatic carbocycles. The van der Waals surface area contributed by atoms with Gasteiger partial charge in [0.15, 0.2) is 0 Å². The largest absolute Gasteiger partial charge is 0.435 e. The molecular formula is C22H22O3S. The van der Waals surface area contributed by atoms with E-state index in [9.17, 15) is 4.79 Å². The van der Waals surface area contributed by atoms with Crippen LogP contribution in [0.15, 0.2) is 54.6 Å². The van der Waals surface area contributed by atoms with Gasteiger partial charge in [0.1, 0.15) is 0 Å². The second-order valence-electron chi connectivity index (χ2n) is 6.66. The lowest BCUT2D eigenvalue weighted by molar-refractivity contribution is -0.183. The Labute approximate surface area is 157 Å². The van der Waals surface area contributed by atoms with Crippen LogP contribution in [0.1, 0.15) is 24.8 Å². The standard InChI is InChI=1S/C22H22O3S/c23-21(25-22-7-3-4-10-24-22)15-26-14-16-8-9-19-12-17-5-1-2-6-18(17)13-20(19)11-16/h1-2,5-6,8-9,11-13,22H,3-4,7,10,14-15H2. The van der Waals surface area contributed by atoms with Crippen LogP contribution in [-0.4, -0.2) is 24.6 Å². The second-order valence-corrected chi connectivity index (χ2v) is 7.65. The Bertz CT molecular complexity index is 916. The number of benzene rings is 3. The molecule has 1 heterocycles. The molecule has 1 saturated heterocycles. The molecule has 1 aliphatic rings. The van der Waals surface area contributed by atoms with Crippen LogP contribution in [0.3, 0.4) is 0 Å². The van der Waals surface area contributed by atoms with E-state index in [-0.39, 0.29) is 12.3 Å². The highest BCUT2D eigenvalue weighted by Gasteiger charge is 2.17. The first-order valence-corrected chi connectivity index (χ1v) is 10.2. The zero-order valence-electron chi connectivity index (χ0n) is 14.6. The van der Waals surface area contributed by atoms with Crippen LogP contribution in [0.2, 0.25) is 0 Å². The summed E-state index contributed by atoms with van der Waals surface area (Å²) < 4.78 is 10.8. The monoisotopic (exact) mass is 366 g/mol. The fourth-order valence-electron chi connectivity index (χ4n) is 3.32. The van der Waals surface area contributed by atoms with E-state index in [0.29, 0.717) is 12.4 Å². The SMILES string of the molecule is O=C(CSCc1ccc2cc3ccccc3cc2c1)OC1CCCCO1. The van der Waals surface area contributed by atoms with Crippen molar-refractivity contribution in [1.29, 1.82) is 0 Å². The van der Waals surface area contributed by atoms with Gasteiger partial charge in [0.25, 0.3) is 0 Å². The van der Waals surface area contributed by atoms with Gasteiger partial charge in [-0.25, -0.2) is 0 Å². The van der Waals surface area contributed by atoms with Crippen LogP contribution in [-0.2, 0) is 20.0 Å². The van der Waals surface area contributed by atoms with E-state index < -0.39 is 0 Å². The van der Waals surface area contributed by atoms with Crippen molar-refractivity contribution < 1.29 is 14.3 Å². The molecule has 0 N–H and O–H groups in total. The third kappa shape index (κ3) is 4.19. The van der Waals surface area contributed by atoms with Crippen molar-refractivity contribution in [3.63, 3.8) is 0 Å². The molecule has 4 heteroatoms. The Morgan fingerprint density at radius 2 is 1.77 bits per heavy atom. The average molecular weight is 366 g/mol. The normalized spacial score (nSPS) is 17.5. The zero-order valence-corrected chi connectivity index (χ0v) is 15.5. The van der Waals surface area contributed by atoms with Crippen LogP contribution in [0.5, 0.6) is 0 Å². The zero-order chi connectivity index (χ0) is 17.8. The van der Waals surface area contributed by atoms with Crippen molar-refractivity contribution in [2.45, 2.75) is 31.3 Å². The summed E-state index contributed by atoms with van der Waals surface area (Å²) in [6, 6.07) is 19.4. The summed E-state index contributed by atoms with van der Waals surface area (Å²) in [6.07, 6.45) is 2.59. The second kappa shape index (κ2) is 8.11. The summed E-state index contributed by atoms with van der Waals surface area (Å²) >= 11 is 1.59. The highest BCUT2D eigenvalue weighted by Crippen LogP contribution is 2.25. The number of carbonyl (C=O) groups is 1. The quantitative estimate of drug-likeness (QED) is 0.454. The van der Waals surface area contributed by atoms with Gasteiger partial charge in [-0.05, 0) is 52.1 Å². The summed E-state index contributed by atoms with van der Waals surface area (Å²) in [5.41, 5.74) is 1.22. The fraction of sp³-hybridized carbons (Fsp3) is 0.318. The fourth-order valence-corrected chi connectivity index (χ4v) is 4.07. The smallest absolute Gasteiger partial charge is 0.318 e. The lowest BCUT2D eigenvalue weighted by atomic mass is 10.0. The molecule has 0 bridgehead atoms. The molecule has 1 fully saturated rings. The maximum Gasteiger partial charge on any atom is 0.318 e. The topological polar surface area (TPSA) is 35.5 Å². The molecule has 3 aromatic rings. The molecule has 4 rings (SSSR count). The lowest BCUT2D eigenvalue weighted by Gasteiger charge is -2.22. The highest BCUT2D eigenvalue weighted by atomic mass is 32.2. The number of ether oxygens (including phenoxy) is 2. The molecule has 0 aromatic heterocycles. The molecule has 0 radical (unpaired) electrons. The van der Waals surface area contributed by atoms with Gasteiger partial charge in [-0.2, -0.15) is 0 Å². The predicted molar refractivity (Wildman–Crippen MR) is 107 cm³/mol. The Balaban J connectivity index is 1.36. The first-order valence-electron chi connectivity index (χ1n) is 9.08. The van der Waals surface area contributed by atoms with Gasteiger partial charge < -0.3 is 9.47 Å². The molecule has 1 atom stereocenters. The summed E-state index contributed by atoms with van der Waals surface area (Å²) in [5, 5.41) is 4.99. The molecule has 1 unspecified atom stereocenters. The van der Waals surface area contributed by atoms with Gasteiger partial charge in [-0.3, -0.25) is 4.79 Å². The van der Waals surface area contributed by atoms with Gasteiger partial charge in [0.05, 0.1) is 12.4 Å². The van der Waals surface area contributed by atoms with Gasteiger partial charge in [0, 0.05) is 12.2 Å². The first kappa shape index (κ1) is 17.4. The minimum absolute atomic E-state index is 0.186. The van der Waals surface area contributed by atoms with E-state index in [1.165, 1.54) is 27.1 Å². The lowest BCUT2D eigenvalue weighted by Crippen LogP contribution is -2.26. The third-order valence-corrected chi connectivity index (χ3v) is 5.64. The number of hydrogen-bond donors (Lipinski definition) is 0. The van der Waals surface area contributed by atoms with E-state index in [2.05, 4.69) is 54.6 Å². The molecule has 0 aliphatic carbocycles. The van der Waals surface area contributed by atoms with Gasteiger partial charge in [-0.15, -0.1) is 11.8 Å². The van der Waals surface area contributed by atoms with Crippen LogP contribution < -0.4 is 0 Å².